The van der Waals surface area contributed by atoms with E-state index in [-0.39, 0.29) is 5.41 Å². The lowest BCUT2D eigenvalue weighted by Gasteiger charge is -2.17. The van der Waals surface area contributed by atoms with Gasteiger partial charge in [0.2, 0.25) is 0 Å². The summed E-state index contributed by atoms with van der Waals surface area (Å²) in [4.78, 5) is 8.85. The number of nitrogens with zero attached hydrogens (tertiary/aromatic N) is 2. The predicted molar refractivity (Wildman–Crippen MR) is 75.6 cm³/mol. The van der Waals surface area contributed by atoms with E-state index < -0.39 is 0 Å². The van der Waals surface area contributed by atoms with E-state index in [9.17, 15) is 0 Å². The SMILES string of the molecule is CC(C)(C)c1nc(N)cc(-c2cccc(Cl)c2)n1. The summed E-state index contributed by atoms with van der Waals surface area (Å²) in [5.41, 5.74) is 7.46. The second-order valence-electron chi connectivity index (χ2n) is 5.26. The molecule has 2 aromatic rings. The number of rotatable bonds is 1. The Bertz CT molecular complexity index is 573. The first kappa shape index (κ1) is 12.8. The second-order valence-corrected chi connectivity index (χ2v) is 5.70. The van der Waals surface area contributed by atoms with Gasteiger partial charge in [-0.05, 0) is 12.1 Å². The molecule has 0 aliphatic rings. The first-order valence-corrected chi connectivity index (χ1v) is 6.15. The third kappa shape index (κ3) is 2.79. The molecule has 0 amide bonds. The van der Waals surface area contributed by atoms with Gasteiger partial charge in [-0.15, -0.1) is 0 Å². The van der Waals surface area contributed by atoms with Crippen molar-refractivity contribution < 1.29 is 0 Å². The van der Waals surface area contributed by atoms with E-state index in [1.54, 1.807) is 6.07 Å². The molecule has 94 valence electrons. The summed E-state index contributed by atoms with van der Waals surface area (Å²) in [5, 5.41) is 0.682. The first-order valence-electron chi connectivity index (χ1n) is 5.77. The van der Waals surface area contributed by atoms with Crippen LogP contribution in [0, 0.1) is 0 Å². The largest absolute Gasteiger partial charge is 0.384 e. The van der Waals surface area contributed by atoms with Crippen molar-refractivity contribution >= 4 is 17.4 Å². The number of anilines is 1. The van der Waals surface area contributed by atoms with Gasteiger partial charge in [-0.2, -0.15) is 0 Å². The van der Waals surface area contributed by atoms with Crippen LogP contribution in [0.1, 0.15) is 26.6 Å². The third-order valence-corrected chi connectivity index (χ3v) is 2.77. The number of benzene rings is 1. The zero-order valence-electron chi connectivity index (χ0n) is 10.7. The van der Waals surface area contributed by atoms with Gasteiger partial charge >= 0.3 is 0 Å². The number of hydrogen-bond acceptors (Lipinski definition) is 3. The van der Waals surface area contributed by atoms with Crippen LogP contribution < -0.4 is 5.73 Å². The summed E-state index contributed by atoms with van der Waals surface area (Å²) in [6.45, 7) is 6.18. The van der Waals surface area contributed by atoms with E-state index in [1.807, 2.05) is 24.3 Å². The van der Waals surface area contributed by atoms with Gasteiger partial charge in [-0.3, -0.25) is 0 Å². The highest BCUT2D eigenvalue weighted by molar-refractivity contribution is 6.30. The fourth-order valence-electron chi connectivity index (χ4n) is 1.60. The fourth-order valence-corrected chi connectivity index (χ4v) is 1.79. The lowest BCUT2D eigenvalue weighted by molar-refractivity contribution is 0.547. The van der Waals surface area contributed by atoms with Crippen molar-refractivity contribution in [3.63, 3.8) is 0 Å². The maximum atomic E-state index is 5.99. The molecule has 2 rings (SSSR count). The molecule has 0 fully saturated rings. The van der Waals surface area contributed by atoms with Gasteiger partial charge in [0.05, 0.1) is 5.69 Å². The molecule has 0 bridgehead atoms. The van der Waals surface area contributed by atoms with Crippen molar-refractivity contribution in [1.29, 1.82) is 0 Å². The third-order valence-electron chi connectivity index (χ3n) is 2.54. The van der Waals surface area contributed by atoms with Crippen LogP contribution in [-0.2, 0) is 5.41 Å². The summed E-state index contributed by atoms with van der Waals surface area (Å²) in [6, 6.07) is 9.32. The molecule has 0 spiro atoms. The van der Waals surface area contributed by atoms with Crippen LogP contribution in [0.2, 0.25) is 5.02 Å². The first-order chi connectivity index (χ1) is 8.36. The van der Waals surface area contributed by atoms with Crippen LogP contribution in [0.4, 0.5) is 5.82 Å². The summed E-state index contributed by atoms with van der Waals surface area (Å²) < 4.78 is 0. The molecule has 18 heavy (non-hydrogen) atoms. The van der Waals surface area contributed by atoms with Crippen molar-refractivity contribution in [2.24, 2.45) is 0 Å². The average Bonchev–Trinajstić information content (AvgIpc) is 2.27. The van der Waals surface area contributed by atoms with Crippen molar-refractivity contribution in [3.05, 3.63) is 41.2 Å². The molecule has 1 heterocycles. The Morgan fingerprint density at radius 2 is 1.83 bits per heavy atom. The predicted octanol–water partition coefficient (Wildman–Crippen LogP) is 3.68. The van der Waals surface area contributed by atoms with E-state index in [0.29, 0.717) is 10.8 Å². The lowest BCUT2D eigenvalue weighted by atomic mass is 9.95. The Labute approximate surface area is 112 Å². The standard InChI is InChI=1S/C14H16ClN3/c1-14(2,3)13-17-11(8-12(16)18-13)9-5-4-6-10(15)7-9/h4-8H,1-3H3,(H2,16,17,18). The number of halogens is 1. The van der Waals surface area contributed by atoms with Gasteiger partial charge in [0.1, 0.15) is 11.6 Å². The summed E-state index contributed by atoms with van der Waals surface area (Å²) in [5.74, 6) is 1.21. The minimum atomic E-state index is -0.136. The van der Waals surface area contributed by atoms with Crippen molar-refractivity contribution in [3.8, 4) is 11.3 Å². The fraction of sp³-hybridized carbons (Fsp3) is 0.286. The highest BCUT2D eigenvalue weighted by atomic mass is 35.5. The van der Waals surface area contributed by atoms with Crippen molar-refractivity contribution in [1.82, 2.24) is 9.97 Å². The Morgan fingerprint density at radius 3 is 2.44 bits per heavy atom. The van der Waals surface area contributed by atoms with Crippen LogP contribution in [0.5, 0.6) is 0 Å². The molecule has 4 heteroatoms. The van der Waals surface area contributed by atoms with Crippen LogP contribution in [0.15, 0.2) is 30.3 Å². The molecular weight excluding hydrogens is 246 g/mol. The Balaban J connectivity index is 2.55. The maximum Gasteiger partial charge on any atom is 0.136 e. The van der Waals surface area contributed by atoms with Crippen molar-refractivity contribution in [2.75, 3.05) is 5.73 Å². The molecule has 0 radical (unpaired) electrons. The van der Waals surface area contributed by atoms with E-state index in [0.717, 1.165) is 17.1 Å². The number of nitrogen functional groups attached to an aromatic ring is 1. The molecule has 2 N–H and O–H groups in total. The Hall–Kier alpha value is -1.61. The number of hydrogen-bond donors (Lipinski definition) is 1. The highest BCUT2D eigenvalue weighted by Gasteiger charge is 2.19. The quantitative estimate of drug-likeness (QED) is 0.852. The topological polar surface area (TPSA) is 51.8 Å². The minimum absolute atomic E-state index is 0.136. The molecule has 0 saturated carbocycles. The normalized spacial score (nSPS) is 11.6. The van der Waals surface area contributed by atoms with Gasteiger partial charge < -0.3 is 5.73 Å². The van der Waals surface area contributed by atoms with Gasteiger partial charge in [0, 0.05) is 22.1 Å². The van der Waals surface area contributed by atoms with Gasteiger partial charge in [-0.25, -0.2) is 9.97 Å². The molecule has 1 aromatic carbocycles. The second kappa shape index (κ2) is 4.58. The van der Waals surface area contributed by atoms with Crippen LogP contribution >= 0.6 is 11.6 Å². The summed E-state index contributed by atoms with van der Waals surface area (Å²) in [7, 11) is 0. The zero-order chi connectivity index (χ0) is 13.3. The van der Waals surface area contributed by atoms with E-state index in [4.69, 9.17) is 17.3 Å². The average molecular weight is 262 g/mol. The van der Waals surface area contributed by atoms with Crippen LogP contribution in [-0.4, -0.2) is 9.97 Å². The monoisotopic (exact) mass is 261 g/mol. The van der Waals surface area contributed by atoms with Crippen LogP contribution in [0.25, 0.3) is 11.3 Å². The van der Waals surface area contributed by atoms with E-state index in [2.05, 4.69) is 30.7 Å². The van der Waals surface area contributed by atoms with Gasteiger partial charge in [-0.1, -0.05) is 44.5 Å². The molecule has 1 aromatic heterocycles. The maximum absolute atomic E-state index is 5.99. The lowest BCUT2D eigenvalue weighted by Crippen LogP contribution is -2.17. The zero-order valence-corrected chi connectivity index (χ0v) is 11.5. The molecule has 0 atom stereocenters. The minimum Gasteiger partial charge on any atom is -0.384 e. The number of aromatic nitrogens is 2. The molecule has 3 nitrogen and oxygen atoms in total. The summed E-state index contributed by atoms with van der Waals surface area (Å²) >= 11 is 5.99. The van der Waals surface area contributed by atoms with E-state index in [1.165, 1.54) is 0 Å². The van der Waals surface area contributed by atoms with Gasteiger partial charge in [0.25, 0.3) is 0 Å². The van der Waals surface area contributed by atoms with Crippen molar-refractivity contribution in [2.45, 2.75) is 26.2 Å². The smallest absolute Gasteiger partial charge is 0.136 e. The molecular formula is C14H16ClN3. The molecule has 0 unspecified atom stereocenters. The van der Waals surface area contributed by atoms with Crippen LogP contribution in [0.3, 0.4) is 0 Å². The molecule has 0 aliphatic heterocycles. The molecule has 0 saturated heterocycles. The Kier molecular flexibility index (Phi) is 3.26. The highest BCUT2D eigenvalue weighted by Crippen LogP contribution is 2.26. The number of nitrogens with two attached hydrogens (primary N) is 1. The summed E-state index contributed by atoms with van der Waals surface area (Å²) in [6.07, 6.45) is 0. The van der Waals surface area contributed by atoms with Gasteiger partial charge in [0.15, 0.2) is 0 Å². The molecule has 0 aliphatic carbocycles. The van der Waals surface area contributed by atoms with E-state index >= 15 is 0 Å². The Morgan fingerprint density at radius 1 is 1.11 bits per heavy atom.